The van der Waals surface area contributed by atoms with E-state index in [9.17, 15) is 9.59 Å². The molecule has 0 unspecified atom stereocenters. The molecule has 0 radical (unpaired) electrons. The molecule has 0 spiro atoms. The van der Waals surface area contributed by atoms with Gasteiger partial charge >= 0.3 is 11.8 Å². The summed E-state index contributed by atoms with van der Waals surface area (Å²) in [7, 11) is 0. The molecule has 5 nitrogen and oxygen atoms in total. The maximum Gasteiger partial charge on any atom is 0.309 e. The minimum absolute atomic E-state index is 0.302. The minimum atomic E-state index is -0.650. The Kier molecular flexibility index (Phi) is 5.16. The molecular weight excluding hydrogens is 218 g/mol. The zero-order valence-electron chi connectivity index (χ0n) is 9.82. The summed E-state index contributed by atoms with van der Waals surface area (Å²) < 4.78 is 0. The molecule has 0 aliphatic rings. The first-order valence-electron chi connectivity index (χ1n) is 5.45. The molecule has 92 valence electrons. The Morgan fingerprint density at radius 2 is 1.94 bits per heavy atom. The SMILES string of the molecule is Cc1cccc(CNC(=O)C(=O)NCCN)c1. The molecule has 0 atom stereocenters. The third-order valence-corrected chi connectivity index (χ3v) is 2.17. The number of aryl methyl sites for hydroxylation is 1. The van der Waals surface area contributed by atoms with E-state index < -0.39 is 11.8 Å². The summed E-state index contributed by atoms with van der Waals surface area (Å²) in [4.78, 5) is 22.6. The number of nitrogens with two attached hydrogens (primary N) is 1. The molecule has 1 aromatic rings. The molecule has 0 saturated heterocycles. The molecule has 0 bridgehead atoms. The number of carbonyl (C=O) groups is 2. The van der Waals surface area contributed by atoms with E-state index in [1.54, 1.807) is 0 Å². The van der Waals surface area contributed by atoms with E-state index in [4.69, 9.17) is 5.73 Å². The number of amides is 2. The Hall–Kier alpha value is -1.88. The van der Waals surface area contributed by atoms with Gasteiger partial charge in [-0.05, 0) is 12.5 Å². The fraction of sp³-hybridized carbons (Fsp3) is 0.333. The molecule has 4 N–H and O–H groups in total. The zero-order chi connectivity index (χ0) is 12.7. The van der Waals surface area contributed by atoms with Gasteiger partial charge in [0.1, 0.15) is 0 Å². The van der Waals surface area contributed by atoms with E-state index in [2.05, 4.69) is 10.6 Å². The predicted molar refractivity (Wildman–Crippen MR) is 65.1 cm³/mol. The number of carbonyl (C=O) groups excluding carboxylic acids is 2. The van der Waals surface area contributed by atoms with Crippen molar-refractivity contribution in [3.05, 3.63) is 35.4 Å². The van der Waals surface area contributed by atoms with Gasteiger partial charge in [0.05, 0.1) is 0 Å². The summed E-state index contributed by atoms with van der Waals surface area (Å²) in [6.07, 6.45) is 0. The molecule has 0 aromatic heterocycles. The fourth-order valence-electron chi connectivity index (χ4n) is 1.35. The van der Waals surface area contributed by atoms with E-state index in [0.29, 0.717) is 19.6 Å². The number of hydrogen-bond donors (Lipinski definition) is 3. The molecule has 1 rings (SSSR count). The highest BCUT2D eigenvalue weighted by atomic mass is 16.2. The summed E-state index contributed by atoms with van der Waals surface area (Å²) in [6.45, 7) is 2.93. The highest BCUT2D eigenvalue weighted by Gasteiger charge is 2.11. The fourth-order valence-corrected chi connectivity index (χ4v) is 1.35. The third-order valence-electron chi connectivity index (χ3n) is 2.17. The van der Waals surface area contributed by atoms with Gasteiger partial charge in [-0.15, -0.1) is 0 Å². The smallest absolute Gasteiger partial charge is 0.309 e. The highest BCUT2D eigenvalue weighted by Crippen LogP contribution is 2.02. The lowest BCUT2D eigenvalue weighted by Gasteiger charge is -2.06. The molecule has 0 heterocycles. The van der Waals surface area contributed by atoms with Gasteiger partial charge in [-0.25, -0.2) is 0 Å². The number of hydrogen-bond acceptors (Lipinski definition) is 3. The lowest BCUT2D eigenvalue weighted by molar-refractivity contribution is -0.139. The summed E-state index contributed by atoms with van der Waals surface area (Å²) in [5, 5.41) is 4.95. The topological polar surface area (TPSA) is 84.2 Å². The van der Waals surface area contributed by atoms with Crippen LogP contribution in [0.3, 0.4) is 0 Å². The van der Waals surface area contributed by atoms with Crippen molar-refractivity contribution in [3.63, 3.8) is 0 Å². The average Bonchev–Trinajstić information content (AvgIpc) is 2.33. The van der Waals surface area contributed by atoms with E-state index >= 15 is 0 Å². The van der Waals surface area contributed by atoms with Crippen molar-refractivity contribution in [2.75, 3.05) is 13.1 Å². The average molecular weight is 235 g/mol. The van der Waals surface area contributed by atoms with Crippen LogP contribution in [0.15, 0.2) is 24.3 Å². The lowest BCUT2D eigenvalue weighted by Crippen LogP contribution is -2.41. The zero-order valence-corrected chi connectivity index (χ0v) is 9.82. The van der Waals surface area contributed by atoms with E-state index in [1.807, 2.05) is 31.2 Å². The van der Waals surface area contributed by atoms with Gasteiger partial charge in [0.25, 0.3) is 0 Å². The quantitative estimate of drug-likeness (QED) is 0.626. The Bertz CT molecular complexity index is 404. The van der Waals surface area contributed by atoms with Crippen LogP contribution in [0.4, 0.5) is 0 Å². The first-order chi connectivity index (χ1) is 8.13. The first kappa shape index (κ1) is 13.2. The van der Waals surface area contributed by atoms with Crippen LogP contribution in [0.5, 0.6) is 0 Å². The van der Waals surface area contributed by atoms with Gasteiger partial charge in [-0.3, -0.25) is 9.59 Å². The van der Waals surface area contributed by atoms with Crippen molar-refractivity contribution in [3.8, 4) is 0 Å². The van der Waals surface area contributed by atoms with Crippen LogP contribution in [0.1, 0.15) is 11.1 Å². The van der Waals surface area contributed by atoms with Crippen LogP contribution in [0, 0.1) is 6.92 Å². The van der Waals surface area contributed by atoms with Crippen LogP contribution in [-0.2, 0) is 16.1 Å². The second-order valence-corrected chi connectivity index (χ2v) is 3.72. The Balaban J connectivity index is 2.40. The second kappa shape index (κ2) is 6.65. The maximum absolute atomic E-state index is 11.3. The van der Waals surface area contributed by atoms with Gasteiger partial charge in [-0.2, -0.15) is 0 Å². The number of benzene rings is 1. The van der Waals surface area contributed by atoms with Crippen LogP contribution in [0.2, 0.25) is 0 Å². The monoisotopic (exact) mass is 235 g/mol. The molecule has 5 heteroatoms. The van der Waals surface area contributed by atoms with Crippen LogP contribution >= 0.6 is 0 Å². The predicted octanol–water partition coefficient (Wildman–Crippen LogP) is -0.314. The van der Waals surface area contributed by atoms with Crippen molar-refractivity contribution >= 4 is 11.8 Å². The summed E-state index contributed by atoms with van der Waals surface area (Å²) in [5.74, 6) is -1.29. The van der Waals surface area contributed by atoms with E-state index in [1.165, 1.54) is 0 Å². The van der Waals surface area contributed by atoms with Crippen molar-refractivity contribution in [2.45, 2.75) is 13.5 Å². The van der Waals surface area contributed by atoms with Crippen molar-refractivity contribution < 1.29 is 9.59 Å². The van der Waals surface area contributed by atoms with Crippen LogP contribution in [0.25, 0.3) is 0 Å². The number of rotatable bonds is 4. The molecular formula is C12H17N3O2. The van der Waals surface area contributed by atoms with Crippen LogP contribution in [-0.4, -0.2) is 24.9 Å². The standard InChI is InChI=1S/C12H17N3O2/c1-9-3-2-4-10(7-9)8-15-12(17)11(16)14-6-5-13/h2-4,7H,5-6,8,13H2,1H3,(H,14,16)(H,15,17). The Morgan fingerprint density at radius 3 is 2.59 bits per heavy atom. The molecule has 1 aromatic carbocycles. The Morgan fingerprint density at radius 1 is 1.24 bits per heavy atom. The molecule has 2 amide bonds. The highest BCUT2D eigenvalue weighted by molar-refractivity contribution is 6.35. The molecule has 0 fully saturated rings. The van der Waals surface area contributed by atoms with Crippen molar-refractivity contribution in [2.24, 2.45) is 5.73 Å². The van der Waals surface area contributed by atoms with Gasteiger partial charge in [0, 0.05) is 19.6 Å². The Labute approximate surface area is 100 Å². The summed E-state index contributed by atoms with van der Waals surface area (Å²) in [6, 6.07) is 7.73. The summed E-state index contributed by atoms with van der Waals surface area (Å²) >= 11 is 0. The first-order valence-corrected chi connectivity index (χ1v) is 5.45. The van der Waals surface area contributed by atoms with Crippen LogP contribution < -0.4 is 16.4 Å². The largest absolute Gasteiger partial charge is 0.347 e. The number of nitrogens with one attached hydrogen (secondary N) is 2. The van der Waals surface area contributed by atoms with E-state index in [0.717, 1.165) is 11.1 Å². The normalized spacial score (nSPS) is 9.76. The van der Waals surface area contributed by atoms with E-state index in [-0.39, 0.29) is 0 Å². The van der Waals surface area contributed by atoms with Crippen molar-refractivity contribution in [1.82, 2.24) is 10.6 Å². The molecule has 0 aliphatic carbocycles. The lowest BCUT2D eigenvalue weighted by atomic mass is 10.1. The summed E-state index contributed by atoms with van der Waals surface area (Å²) in [5.41, 5.74) is 7.29. The van der Waals surface area contributed by atoms with Gasteiger partial charge < -0.3 is 16.4 Å². The molecule has 0 saturated carbocycles. The van der Waals surface area contributed by atoms with Gasteiger partial charge in [0.2, 0.25) is 0 Å². The third kappa shape index (κ3) is 4.65. The second-order valence-electron chi connectivity index (χ2n) is 3.72. The maximum atomic E-state index is 11.3. The van der Waals surface area contributed by atoms with Gasteiger partial charge in [0.15, 0.2) is 0 Å². The van der Waals surface area contributed by atoms with Gasteiger partial charge in [-0.1, -0.05) is 29.8 Å². The minimum Gasteiger partial charge on any atom is -0.347 e. The van der Waals surface area contributed by atoms with Crippen molar-refractivity contribution in [1.29, 1.82) is 0 Å². The molecule has 17 heavy (non-hydrogen) atoms. The molecule has 0 aliphatic heterocycles.